The normalized spacial score (nSPS) is 21.9. The van der Waals surface area contributed by atoms with Gasteiger partial charge in [-0.3, -0.25) is 9.59 Å². The van der Waals surface area contributed by atoms with Gasteiger partial charge in [0.05, 0.1) is 0 Å². The van der Waals surface area contributed by atoms with Gasteiger partial charge in [-0.1, -0.05) is 37.1 Å². The summed E-state index contributed by atoms with van der Waals surface area (Å²) in [6, 6.07) is 8.77. The van der Waals surface area contributed by atoms with Crippen LogP contribution in [0.15, 0.2) is 24.3 Å². The number of hydrogen-bond donors (Lipinski definition) is 0. The monoisotopic (exact) mass is 439 g/mol. The Morgan fingerprint density at radius 2 is 1.78 bits per heavy atom. The molecule has 3 aliphatic rings. The zero-order valence-electron chi connectivity index (χ0n) is 20.1. The second kappa shape index (κ2) is 10.8. The molecule has 5 heteroatoms. The van der Waals surface area contributed by atoms with Gasteiger partial charge >= 0.3 is 0 Å². The van der Waals surface area contributed by atoms with Gasteiger partial charge in [-0.25, -0.2) is 0 Å². The number of likely N-dealkylation sites (tertiary alicyclic amines) is 2. The van der Waals surface area contributed by atoms with Crippen LogP contribution in [0.2, 0.25) is 0 Å². The molecule has 1 aliphatic carbocycles. The van der Waals surface area contributed by atoms with Crippen molar-refractivity contribution >= 4 is 11.8 Å². The highest BCUT2D eigenvalue weighted by molar-refractivity contribution is 5.88. The molecule has 0 bridgehead atoms. The minimum absolute atomic E-state index is 0.152. The molecular formula is C27H41N3O2. The zero-order valence-corrected chi connectivity index (χ0v) is 20.1. The van der Waals surface area contributed by atoms with E-state index in [1.807, 2.05) is 11.8 Å². The van der Waals surface area contributed by atoms with Gasteiger partial charge in [-0.05, 0) is 82.5 Å². The van der Waals surface area contributed by atoms with E-state index < -0.39 is 0 Å². The van der Waals surface area contributed by atoms with Gasteiger partial charge in [0.25, 0.3) is 0 Å². The topological polar surface area (TPSA) is 43.9 Å². The van der Waals surface area contributed by atoms with Crippen LogP contribution in [0.4, 0.5) is 0 Å². The van der Waals surface area contributed by atoms with Crippen LogP contribution in [-0.4, -0.2) is 71.3 Å². The fourth-order valence-corrected chi connectivity index (χ4v) is 5.93. The number of aryl methyl sites for hydroxylation is 1. The Hall–Kier alpha value is -1.88. The molecule has 2 heterocycles. The second-order valence-corrected chi connectivity index (χ2v) is 10.3. The van der Waals surface area contributed by atoms with E-state index >= 15 is 0 Å². The third-order valence-electron chi connectivity index (χ3n) is 8.10. The van der Waals surface area contributed by atoms with Crippen molar-refractivity contribution in [3.63, 3.8) is 0 Å². The lowest BCUT2D eigenvalue weighted by Crippen LogP contribution is -2.52. The summed E-state index contributed by atoms with van der Waals surface area (Å²) in [5.74, 6) is 0.920. The summed E-state index contributed by atoms with van der Waals surface area (Å²) in [6.45, 7) is 9.14. The number of piperidine rings is 1. The van der Waals surface area contributed by atoms with E-state index in [1.165, 1.54) is 36.8 Å². The molecule has 3 fully saturated rings. The van der Waals surface area contributed by atoms with E-state index in [0.717, 1.165) is 58.4 Å². The summed E-state index contributed by atoms with van der Waals surface area (Å²) in [5, 5.41) is 0. The molecule has 5 nitrogen and oxygen atoms in total. The Bertz CT molecular complexity index is 781. The Morgan fingerprint density at radius 3 is 2.44 bits per heavy atom. The Kier molecular flexibility index (Phi) is 7.88. The molecular weight excluding hydrogens is 398 g/mol. The second-order valence-electron chi connectivity index (χ2n) is 10.3. The maximum absolute atomic E-state index is 13.5. The molecule has 2 saturated heterocycles. The van der Waals surface area contributed by atoms with Crippen LogP contribution in [0.1, 0.15) is 69.4 Å². The molecule has 0 spiro atoms. The summed E-state index contributed by atoms with van der Waals surface area (Å²) < 4.78 is 0. The van der Waals surface area contributed by atoms with Crippen LogP contribution in [0, 0.1) is 12.8 Å². The van der Waals surface area contributed by atoms with Crippen molar-refractivity contribution in [2.45, 2.75) is 83.7 Å². The van der Waals surface area contributed by atoms with Crippen molar-refractivity contribution in [3.8, 4) is 0 Å². The predicted octanol–water partition coefficient (Wildman–Crippen LogP) is 4.03. The average Bonchev–Trinajstić information content (AvgIpc) is 3.49. The van der Waals surface area contributed by atoms with Crippen molar-refractivity contribution in [1.29, 1.82) is 0 Å². The number of hydrogen-bond acceptors (Lipinski definition) is 3. The van der Waals surface area contributed by atoms with Crippen molar-refractivity contribution in [3.05, 3.63) is 35.4 Å². The molecule has 1 atom stereocenters. The van der Waals surface area contributed by atoms with Gasteiger partial charge in [0.1, 0.15) is 6.04 Å². The lowest BCUT2D eigenvalue weighted by atomic mass is 9.94. The SMILES string of the molecule is Cc1ccccc1CCN1CCC(CN(C(=O)C(C)N2CCCC2=O)C2CCCC2)CC1. The van der Waals surface area contributed by atoms with Crippen LogP contribution in [0.5, 0.6) is 0 Å². The van der Waals surface area contributed by atoms with Crippen LogP contribution < -0.4 is 0 Å². The van der Waals surface area contributed by atoms with Gasteiger partial charge in [0, 0.05) is 32.1 Å². The standard InChI is InChI=1S/C27H41N3O2/c1-21-8-3-4-9-24(21)15-19-28-17-13-23(14-18-28)20-30(25-10-5-6-11-25)27(32)22(2)29-16-7-12-26(29)31/h3-4,8-9,22-23,25H,5-7,10-20H2,1-2H3. The van der Waals surface area contributed by atoms with E-state index in [4.69, 9.17) is 0 Å². The lowest BCUT2D eigenvalue weighted by molar-refractivity contribution is -0.145. The van der Waals surface area contributed by atoms with Crippen LogP contribution in [-0.2, 0) is 16.0 Å². The molecule has 0 aromatic heterocycles. The third-order valence-corrected chi connectivity index (χ3v) is 8.10. The van der Waals surface area contributed by atoms with Gasteiger partial charge in [0.15, 0.2) is 0 Å². The van der Waals surface area contributed by atoms with E-state index in [0.29, 0.717) is 18.4 Å². The van der Waals surface area contributed by atoms with Crippen molar-refractivity contribution < 1.29 is 9.59 Å². The number of carbonyl (C=O) groups is 2. The summed E-state index contributed by atoms with van der Waals surface area (Å²) in [6.07, 6.45) is 9.64. The lowest BCUT2D eigenvalue weighted by Gasteiger charge is -2.39. The molecule has 1 aromatic rings. The largest absolute Gasteiger partial charge is 0.338 e. The molecule has 1 unspecified atom stereocenters. The maximum Gasteiger partial charge on any atom is 0.245 e. The molecule has 1 saturated carbocycles. The molecule has 0 N–H and O–H groups in total. The molecule has 2 amide bonds. The highest BCUT2D eigenvalue weighted by Crippen LogP contribution is 2.28. The molecule has 4 rings (SSSR count). The highest BCUT2D eigenvalue weighted by atomic mass is 16.2. The smallest absolute Gasteiger partial charge is 0.245 e. The minimum Gasteiger partial charge on any atom is -0.338 e. The first-order chi connectivity index (χ1) is 15.5. The third kappa shape index (κ3) is 5.54. The summed E-state index contributed by atoms with van der Waals surface area (Å²) in [5.41, 5.74) is 2.84. The quantitative estimate of drug-likeness (QED) is 0.614. The molecule has 2 aliphatic heterocycles. The fraction of sp³-hybridized carbons (Fsp3) is 0.704. The number of benzene rings is 1. The van der Waals surface area contributed by atoms with Crippen molar-refractivity contribution in [2.75, 3.05) is 32.7 Å². The van der Waals surface area contributed by atoms with Crippen molar-refractivity contribution in [1.82, 2.24) is 14.7 Å². The fourth-order valence-electron chi connectivity index (χ4n) is 5.93. The van der Waals surface area contributed by atoms with E-state index in [-0.39, 0.29) is 17.9 Å². The Labute approximate surface area is 194 Å². The number of rotatable bonds is 8. The van der Waals surface area contributed by atoms with Gasteiger partial charge in [0.2, 0.25) is 11.8 Å². The summed E-state index contributed by atoms with van der Waals surface area (Å²) in [7, 11) is 0. The highest BCUT2D eigenvalue weighted by Gasteiger charge is 2.36. The molecule has 176 valence electrons. The minimum atomic E-state index is -0.306. The maximum atomic E-state index is 13.5. The first kappa shape index (κ1) is 23.3. The number of carbonyl (C=O) groups excluding carboxylic acids is 2. The van der Waals surface area contributed by atoms with Gasteiger partial charge in [-0.2, -0.15) is 0 Å². The van der Waals surface area contributed by atoms with Gasteiger partial charge in [-0.15, -0.1) is 0 Å². The van der Waals surface area contributed by atoms with Crippen molar-refractivity contribution in [2.24, 2.45) is 5.92 Å². The summed E-state index contributed by atoms with van der Waals surface area (Å²) in [4.78, 5) is 32.3. The molecule has 32 heavy (non-hydrogen) atoms. The van der Waals surface area contributed by atoms with E-state index in [2.05, 4.69) is 41.0 Å². The first-order valence-corrected chi connectivity index (χ1v) is 12.9. The Balaban J connectivity index is 1.30. The number of amides is 2. The van der Waals surface area contributed by atoms with Crippen LogP contribution >= 0.6 is 0 Å². The first-order valence-electron chi connectivity index (χ1n) is 12.9. The van der Waals surface area contributed by atoms with E-state index in [1.54, 1.807) is 0 Å². The van der Waals surface area contributed by atoms with E-state index in [9.17, 15) is 9.59 Å². The molecule has 0 radical (unpaired) electrons. The van der Waals surface area contributed by atoms with Crippen LogP contribution in [0.3, 0.4) is 0 Å². The molecule has 1 aromatic carbocycles. The number of nitrogens with zero attached hydrogens (tertiary/aromatic N) is 3. The summed E-state index contributed by atoms with van der Waals surface area (Å²) >= 11 is 0. The predicted molar refractivity (Wildman–Crippen MR) is 128 cm³/mol. The Morgan fingerprint density at radius 1 is 1.06 bits per heavy atom. The zero-order chi connectivity index (χ0) is 22.5. The van der Waals surface area contributed by atoms with Gasteiger partial charge < -0.3 is 14.7 Å². The average molecular weight is 440 g/mol. The van der Waals surface area contributed by atoms with Crippen LogP contribution in [0.25, 0.3) is 0 Å².